The smallest absolute Gasteiger partial charge is 0.326 e. The van der Waals surface area contributed by atoms with Crippen LogP contribution in [-0.2, 0) is 6.54 Å². The normalized spacial score (nSPS) is 11.1. The van der Waals surface area contributed by atoms with Gasteiger partial charge in [-0.3, -0.25) is 19.7 Å². The van der Waals surface area contributed by atoms with Crippen molar-refractivity contribution >= 4 is 16.7 Å². The second kappa shape index (κ2) is 6.93. The van der Waals surface area contributed by atoms with Crippen LogP contribution >= 0.6 is 0 Å². The summed E-state index contributed by atoms with van der Waals surface area (Å²) in [6.45, 7) is 3.77. The van der Waals surface area contributed by atoms with E-state index in [4.69, 9.17) is 9.26 Å². The number of benzene rings is 2. The summed E-state index contributed by atoms with van der Waals surface area (Å²) in [5.41, 5.74) is 2.76. The predicted octanol–water partition coefficient (Wildman–Crippen LogP) is 3.57. The largest absolute Gasteiger partial charge is 0.497 e. The van der Waals surface area contributed by atoms with Crippen LogP contribution in [0.3, 0.4) is 0 Å². The third-order valence-corrected chi connectivity index (χ3v) is 4.88. The van der Waals surface area contributed by atoms with Crippen molar-refractivity contribution in [2.75, 3.05) is 7.11 Å². The summed E-state index contributed by atoms with van der Waals surface area (Å²) in [6.07, 6.45) is 0. The first kappa shape index (κ1) is 18.5. The summed E-state index contributed by atoms with van der Waals surface area (Å²) in [5.74, 6) is 1.26. The lowest BCUT2D eigenvalue weighted by molar-refractivity contribution is -0.383. The van der Waals surface area contributed by atoms with Crippen LogP contribution in [0, 0.1) is 24.0 Å². The number of hydrogen-bond donors (Lipinski definition) is 1. The minimum atomic E-state index is -0.502. The standard InChI is InChI=1S/C20H18N4O5/c1-11-18(12(2)29-22-11)14-8-16-19(17(9-14)24(26)27)21-20(25)23(16)10-13-4-6-15(28-3)7-5-13/h4-9H,10H2,1-3H3,(H,21,25). The molecule has 2 aromatic carbocycles. The van der Waals surface area contributed by atoms with Crippen LogP contribution in [0.25, 0.3) is 22.2 Å². The zero-order valence-electron chi connectivity index (χ0n) is 16.1. The number of hydrogen-bond acceptors (Lipinski definition) is 6. The average Bonchev–Trinajstić information content (AvgIpc) is 3.20. The minimum Gasteiger partial charge on any atom is -0.497 e. The predicted molar refractivity (Wildman–Crippen MR) is 106 cm³/mol. The fraction of sp³-hybridized carbons (Fsp3) is 0.200. The van der Waals surface area contributed by atoms with E-state index in [0.29, 0.717) is 33.8 Å². The summed E-state index contributed by atoms with van der Waals surface area (Å²) in [6, 6.07) is 10.5. The molecular weight excluding hydrogens is 376 g/mol. The summed E-state index contributed by atoms with van der Waals surface area (Å²) in [4.78, 5) is 26.4. The highest BCUT2D eigenvalue weighted by Crippen LogP contribution is 2.34. The van der Waals surface area contributed by atoms with Crippen molar-refractivity contribution in [3.05, 3.63) is 74.0 Å². The third kappa shape index (κ3) is 3.16. The Balaban J connectivity index is 1.92. The van der Waals surface area contributed by atoms with E-state index in [1.807, 2.05) is 12.1 Å². The van der Waals surface area contributed by atoms with Gasteiger partial charge in [-0.25, -0.2) is 4.79 Å². The summed E-state index contributed by atoms with van der Waals surface area (Å²) < 4.78 is 11.8. The first-order chi connectivity index (χ1) is 13.9. The molecule has 0 unspecified atom stereocenters. The Hall–Kier alpha value is -3.88. The van der Waals surface area contributed by atoms with Gasteiger partial charge in [-0.15, -0.1) is 0 Å². The molecule has 0 bridgehead atoms. The lowest BCUT2D eigenvalue weighted by Gasteiger charge is -2.07. The minimum absolute atomic E-state index is 0.178. The number of non-ortho nitro benzene ring substituents is 1. The zero-order chi connectivity index (χ0) is 20.7. The SMILES string of the molecule is COc1ccc(Cn2c(=O)[nH]c3c([N+](=O)[O-])cc(-c4c(C)noc4C)cc32)cc1. The lowest BCUT2D eigenvalue weighted by atomic mass is 10.0. The number of methoxy groups -OCH3 is 1. The van der Waals surface area contributed by atoms with Crippen LogP contribution in [0.2, 0.25) is 0 Å². The van der Waals surface area contributed by atoms with Gasteiger partial charge < -0.3 is 9.26 Å². The Bertz CT molecular complexity index is 1260. The van der Waals surface area contributed by atoms with Gasteiger partial charge >= 0.3 is 5.69 Å². The number of aromatic amines is 1. The molecule has 0 fully saturated rings. The van der Waals surface area contributed by atoms with E-state index in [1.54, 1.807) is 39.2 Å². The highest BCUT2D eigenvalue weighted by molar-refractivity contribution is 5.91. The molecule has 9 nitrogen and oxygen atoms in total. The van der Waals surface area contributed by atoms with E-state index in [1.165, 1.54) is 10.6 Å². The molecule has 0 spiro atoms. The maximum absolute atomic E-state index is 12.6. The first-order valence-electron chi connectivity index (χ1n) is 8.86. The summed E-state index contributed by atoms with van der Waals surface area (Å²) in [5, 5.41) is 15.6. The molecule has 9 heteroatoms. The molecule has 148 valence electrons. The van der Waals surface area contributed by atoms with Crippen molar-refractivity contribution < 1.29 is 14.2 Å². The number of nitro groups is 1. The maximum Gasteiger partial charge on any atom is 0.326 e. The molecule has 0 aliphatic rings. The third-order valence-electron chi connectivity index (χ3n) is 4.88. The van der Waals surface area contributed by atoms with Gasteiger partial charge in [0.1, 0.15) is 17.0 Å². The number of aryl methyl sites for hydroxylation is 2. The van der Waals surface area contributed by atoms with Gasteiger partial charge in [0.15, 0.2) is 0 Å². The van der Waals surface area contributed by atoms with E-state index in [-0.39, 0.29) is 17.7 Å². The van der Waals surface area contributed by atoms with Crippen molar-refractivity contribution in [1.82, 2.24) is 14.7 Å². The van der Waals surface area contributed by atoms with Gasteiger partial charge in [-0.1, -0.05) is 17.3 Å². The Morgan fingerprint density at radius 1 is 1.24 bits per heavy atom. The number of imidazole rings is 1. The Labute approximate surface area is 164 Å². The molecular formula is C20H18N4O5. The van der Waals surface area contributed by atoms with E-state index in [0.717, 1.165) is 5.56 Å². The molecule has 4 rings (SSSR count). The Morgan fingerprint density at radius 2 is 1.97 bits per heavy atom. The van der Waals surface area contributed by atoms with Crippen LogP contribution in [0.4, 0.5) is 5.69 Å². The molecule has 1 N–H and O–H groups in total. The van der Waals surface area contributed by atoms with Crippen LogP contribution in [0.15, 0.2) is 45.7 Å². The fourth-order valence-corrected chi connectivity index (χ4v) is 3.49. The van der Waals surface area contributed by atoms with Crippen LogP contribution in [0.1, 0.15) is 17.0 Å². The molecule has 29 heavy (non-hydrogen) atoms. The molecule has 4 aromatic rings. The Morgan fingerprint density at radius 3 is 2.55 bits per heavy atom. The van der Waals surface area contributed by atoms with Crippen molar-refractivity contribution in [1.29, 1.82) is 0 Å². The number of nitrogens with zero attached hydrogens (tertiary/aromatic N) is 3. The van der Waals surface area contributed by atoms with Crippen molar-refractivity contribution in [2.45, 2.75) is 20.4 Å². The van der Waals surface area contributed by atoms with Gasteiger partial charge in [-0.05, 0) is 43.2 Å². The number of nitrogens with one attached hydrogen (secondary N) is 1. The van der Waals surface area contributed by atoms with Crippen LogP contribution < -0.4 is 10.4 Å². The molecule has 0 aliphatic heterocycles. The number of ether oxygens (including phenoxy) is 1. The molecule has 2 aromatic heterocycles. The van der Waals surface area contributed by atoms with Crippen molar-refractivity contribution in [3.8, 4) is 16.9 Å². The zero-order valence-corrected chi connectivity index (χ0v) is 16.1. The number of rotatable bonds is 5. The van der Waals surface area contributed by atoms with E-state index in [9.17, 15) is 14.9 Å². The molecule has 0 saturated carbocycles. The lowest BCUT2D eigenvalue weighted by Crippen LogP contribution is -2.17. The van der Waals surface area contributed by atoms with E-state index < -0.39 is 10.6 Å². The monoisotopic (exact) mass is 394 g/mol. The number of fused-ring (bicyclic) bond motifs is 1. The number of nitro benzene ring substituents is 1. The van der Waals surface area contributed by atoms with Gasteiger partial charge in [0, 0.05) is 11.6 Å². The second-order valence-corrected chi connectivity index (χ2v) is 6.71. The molecule has 0 atom stereocenters. The summed E-state index contributed by atoms with van der Waals surface area (Å²) in [7, 11) is 1.58. The quantitative estimate of drug-likeness (QED) is 0.409. The highest BCUT2D eigenvalue weighted by atomic mass is 16.6. The summed E-state index contributed by atoms with van der Waals surface area (Å²) >= 11 is 0. The average molecular weight is 394 g/mol. The van der Waals surface area contributed by atoms with Crippen molar-refractivity contribution in [3.63, 3.8) is 0 Å². The van der Waals surface area contributed by atoms with Gasteiger partial charge in [0.05, 0.1) is 29.8 Å². The molecule has 2 heterocycles. The van der Waals surface area contributed by atoms with E-state index in [2.05, 4.69) is 10.1 Å². The second-order valence-electron chi connectivity index (χ2n) is 6.71. The fourth-order valence-electron chi connectivity index (χ4n) is 3.49. The van der Waals surface area contributed by atoms with Gasteiger partial charge in [-0.2, -0.15) is 0 Å². The van der Waals surface area contributed by atoms with Gasteiger partial charge in [0.2, 0.25) is 0 Å². The molecule has 0 radical (unpaired) electrons. The van der Waals surface area contributed by atoms with E-state index >= 15 is 0 Å². The Kier molecular flexibility index (Phi) is 4.42. The number of H-pyrrole nitrogens is 1. The molecule has 0 aliphatic carbocycles. The molecule has 0 amide bonds. The first-order valence-corrected chi connectivity index (χ1v) is 8.86. The number of aromatic nitrogens is 3. The maximum atomic E-state index is 12.6. The van der Waals surface area contributed by atoms with Crippen LogP contribution in [-0.4, -0.2) is 26.7 Å². The highest BCUT2D eigenvalue weighted by Gasteiger charge is 2.22. The van der Waals surface area contributed by atoms with Gasteiger partial charge in [0.25, 0.3) is 5.69 Å². The van der Waals surface area contributed by atoms with Crippen LogP contribution in [0.5, 0.6) is 5.75 Å². The molecule has 0 saturated heterocycles. The van der Waals surface area contributed by atoms with Crippen molar-refractivity contribution in [2.24, 2.45) is 0 Å². The topological polar surface area (TPSA) is 116 Å².